The average molecular weight is 321 g/mol. The molecule has 1 heterocycles. The van der Waals surface area contributed by atoms with Gasteiger partial charge >= 0.3 is 0 Å². The number of nitrogens with two attached hydrogens (primary N) is 1. The van der Waals surface area contributed by atoms with Gasteiger partial charge in [0.2, 0.25) is 0 Å². The Morgan fingerprint density at radius 3 is 2.68 bits per heavy atom. The summed E-state index contributed by atoms with van der Waals surface area (Å²) in [6, 6.07) is 11.4. The van der Waals surface area contributed by atoms with Crippen LogP contribution in [0.3, 0.4) is 0 Å². The van der Waals surface area contributed by atoms with Gasteiger partial charge < -0.3 is 10.5 Å². The van der Waals surface area contributed by atoms with Gasteiger partial charge in [-0.05, 0) is 59.6 Å². The van der Waals surface area contributed by atoms with Gasteiger partial charge in [-0.1, -0.05) is 12.1 Å². The summed E-state index contributed by atoms with van der Waals surface area (Å²) >= 11 is 3.48. The number of rotatable bonds is 4. The van der Waals surface area contributed by atoms with Crippen molar-refractivity contribution in [2.75, 3.05) is 0 Å². The Labute approximate surface area is 121 Å². The summed E-state index contributed by atoms with van der Waals surface area (Å²) in [5.74, 6) is 0.829. The van der Waals surface area contributed by atoms with E-state index in [2.05, 4.69) is 20.9 Å². The van der Waals surface area contributed by atoms with Crippen LogP contribution in [0.15, 0.2) is 47.1 Å². The third kappa shape index (κ3) is 3.55. The van der Waals surface area contributed by atoms with E-state index in [9.17, 15) is 0 Å². The molecule has 1 atom stereocenters. The average Bonchev–Trinajstić information content (AvgIpc) is 2.38. The Kier molecular flexibility index (Phi) is 4.56. The van der Waals surface area contributed by atoms with Crippen LogP contribution in [0.1, 0.15) is 31.1 Å². The highest BCUT2D eigenvalue weighted by Gasteiger charge is 2.14. The van der Waals surface area contributed by atoms with Gasteiger partial charge in [0.05, 0.1) is 17.8 Å². The molecule has 1 aromatic heterocycles. The second-order valence-electron chi connectivity index (χ2n) is 4.59. The lowest BCUT2D eigenvalue weighted by atomic mass is 10.0. The van der Waals surface area contributed by atoms with Crippen molar-refractivity contribution in [2.45, 2.75) is 26.0 Å². The van der Waals surface area contributed by atoms with Crippen LogP contribution in [0.25, 0.3) is 0 Å². The molecule has 1 unspecified atom stereocenters. The summed E-state index contributed by atoms with van der Waals surface area (Å²) in [6.07, 6.45) is 1.89. The second kappa shape index (κ2) is 6.17. The monoisotopic (exact) mass is 320 g/mol. The van der Waals surface area contributed by atoms with E-state index in [1.807, 2.05) is 50.2 Å². The molecule has 1 aromatic carbocycles. The number of hydrogen-bond acceptors (Lipinski definition) is 3. The van der Waals surface area contributed by atoms with Crippen LogP contribution in [0.5, 0.6) is 5.75 Å². The quantitative estimate of drug-likeness (QED) is 0.934. The molecule has 0 aliphatic heterocycles. The van der Waals surface area contributed by atoms with E-state index in [-0.39, 0.29) is 12.1 Å². The highest BCUT2D eigenvalue weighted by atomic mass is 79.9. The van der Waals surface area contributed by atoms with Crippen molar-refractivity contribution in [3.63, 3.8) is 0 Å². The van der Waals surface area contributed by atoms with Crippen LogP contribution in [0, 0.1) is 0 Å². The minimum absolute atomic E-state index is 0.146. The molecule has 0 saturated carbocycles. The SMILES string of the molecule is CC(C)Oc1cccc(C(N)c2ncccc2Br)c1. The van der Waals surface area contributed by atoms with Crippen molar-refractivity contribution in [1.82, 2.24) is 4.98 Å². The molecule has 3 nitrogen and oxygen atoms in total. The summed E-state index contributed by atoms with van der Waals surface area (Å²) < 4.78 is 6.60. The van der Waals surface area contributed by atoms with Crippen molar-refractivity contribution >= 4 is 15.9 Å². The van der Waals surface area contributed by atoms with Crippen LogP contribution in [-0.4, -0.2) is 11.1 Å². The Hall–Kier alpha value is -1.39. The lowest BCUT2D eigenvalue weighted by Crippen LogP contribution is -2.14. The van der Waals surface area contributed by atoms with Crippen molar-refractivity contribution in [3.8, 4) is 5.75 Å². The largest absolute Gasteiger partial charge is 0.491 e. The van der Waals surface area contributed by atoms with E-state index < -0.39 is 0 Å². The van der Waals surface area contributed by atoms with Crippen LogP contribution in [-0.2, 0) is 0 Å². The van der Waals surface area contributed by atoms with E-state index in [4.69, 9.17) is 10.5 Å². The van der Waals surface area contributed by atoms with E-state index in [1.54, 1.807) is 6.20 Å². The van der Waals surface area contributed by atoms with Gasteiger partial charge in [-0.15, -0.1) is 0 Å². The molecule has 0 amide bonds. The lowest BCUT2D eigenvalue weighted by molar-refractivity contribution is 0.242. The Morgan fingerprint density at radius 2 is 2.00 bits per heavy atom. The first-order valence-electron chi connectivity index (χ1n) is 6.20. The first-order valence-corrected chi connectivity index (χ1v) is 7.00. The second-order valence-corrected chi connectivity index (χ2v) is 5.44. The summed E-state index contributed by atoms with van der Waals surface area (Å²) in [7, 11) is 0. The first kappa shape index (κ1) is 14.0. The fraction of sp³-hybridized carbons (Fsp3) is 0.267. The van der Waals surface area contributed by atoms with Crippen LogP contribution >= 0.6 is 15.9 Å². The molecule has 0 spiro atoms. The van der Waals surface area contributed by atoms with E-state index in [1.165, 1.54) is 0 Å². The van der Waals surface area contributed by atoms with E-state index in [0.717, 1.165) is 21.5 Å². The molecule has 2 aromatic rings. The predicted molar refractivity (Wildman–Crippen MR) is 80.2 cm³/mol. The normalized spacial score (nSPS) is 12.5. The summed E-state index contributed by atoms with van der Waals surface area (Å²) in [5.41, 5.74) is 8.08. The maximum Gasteiger partial charge on any atom is 0.120 e. The van der Waals surface area contributed by atoms with Gasteiger partial charge in [0.15, 0.2) is 0 Å². The fourth-order valence-corrected chi connectivity index (χ4v) is 2.34. The zero-order valence-electron chi connectivity index (χ0n) is 11.0. The molecular formula is C15H17BrN2O. The van der Waals surface area contributed by atoms with Crippen LogP contribution in [0.2, 0.25) is 0 Å². The van der Waals surface area contributed by atoms with Gasteiger partial charge in [-0.2, -0.15) is 0 Å². The molecule has 100 valence electrons. The molecule has 0 aliphatic rings. The molecule has 0 saturated heterocycles. The fourth-order valence-electron chi connectivity index (χ4n) is 1.84. The van der Waals surface area contributed by atoms with Crippen molar-refractivity contribution < 1.29 is 4.74 Å². The summed E-state index contributed by atoms with van der Waals surface area (Å²) in [4.78, 5) is 4.33. The third-order valence-electron chi connectivity index (χ3n) is 2.67. The van der Waals surface area contributed by atoms with E-state index >= 15 is 0 Å². The van der Waals surface area contributed by atoms with Gasteiger partial charge in [0.1, 0.15) is 5.75 Å². The van der Waals surface area contributed by atoms with Gasteiger partial charge in [-0.25, -0.2) is 0 Å². The summed E-state index contributed by atoms with van der Waals surface area (Å²) in [5, 5.41) is 0. The highest BCUT2D eigenvalue weighted by Crippen LogP contribution is 2.27. The minimum Gasteiger partial charge on any atom is -0.491 e. The lowest BCUT2D eigenvalue weighted by Gasteiger charge is -2.15. The molecule has 2 rings (SSSR count). The van der Waals surface area contributed by atoms with Crippen molar-refractivity contribution in [1.29, 1.82) is 0 Å². The predicted octanol–water partition coefficient (Wildman–Crippen LogP) is 3.68. The number of hydrogen-bond donors (Lipinski definition) is 1. The number of nitrogens with zero attached hydrogens (tertiary/aromatic N) is 1. The number of aromatic nitrogens is 1. The standard InChI is InChI=1S/C15H17BrN2O/c1-10(2)19-12-6-3-5-11(9-12)14(17)15-13(16)7-4-8-18-15/h3-10,14H,17H2,1-2H3. The molecule has 19 heavy (non-hydrogen) atoms. The molecule has 4 heteroatoms. The van der Waals surface area contributed by atoms with Crippen molar-refractivity contribution in [3.05, 3.63) is 58.3 Å². The maximum absolute atomic E-state index is 6.27. The van der Waals surface area contributed by atoms with E-state index in [0.29, 0.717) is 0 Å². The van der Waals surface area contributed by atoms with Gasteiger partial charge in [0, 0.05) is 10.7 Å². The topological polar surface area (TPSA) is 48.1 Å². The maximum atomic E-state index is 6.27. The van der Waals surface area contributed by atoms with Crippen LogP contribution in [0.4, 0.5) is 0 Å². The molecule has 0 fully saturated rings. The number of halogens is 1. The number of pyridine rings is 1. The minimum atomic E-state index is -0.272. The van der Waals surface area contributed by atoms with Crippen LogP contribution < -0.4 is 10.5 Å². The first-order chi connectivity index (χ1) is 9.08. The molecule has 0 radical (unpaired) electrons. The van der Waals surface area contributed by atoms with Gasteiger partial charge in [-0.3, -0.25) is 4.98 Å². The number of benzene rings is 1. The third-order valence-corrected chi connectivity index (χ3v) is 3.34. The Balaban J connectivity index is 2.29. The zero-order valence-corrected chi connectivity index (χ0v) is 12.6. The summed E-state index contributed by atoms with van der Waals surface area (Å²) in [6.45, 7) is 4.00. The molecule has 0 aliphatic carbocycles. The molecular weight excluding hydrogens is 304 g/mol. The highest BCUT2D eigenvalue weighted by molar-refractivity contribution is 9.10. The van der Waals surface area contributed by atoms with Gasteiger partial charge in [0.25, 0.3) is 0 Å². The molecule has 0 bridgehead atoms. The van der Waals surface area contributed by atoms with Crippen molar-refractivity contribution in [2.24, 2.45) is 5.73 Å². The number of ether oxygens (including phenoxy) is 1. The smallest absolute Gasteiger partial charge is 0.120 e. The molecule has 2 N–H and O–H groups in total. The Bertz CT molecular complexity index is 557. The Morgan fingerprint density at radius 1 is 1.21 bits per heavy atom. The zero-order chi connectivity index (χ0) is 13.8.